The molecule has 2 atom stereocenters. The number of ether oxygens (including phenoxy) is 1. The lowest BCUT2D eigenvalue weighted by molar-refractivity contribution is -0.139. The Morgan fingerprint density at radius 1 is 1.38 bits per heavy atom. The number of halogens is 1. The van der Waals surface area contributed by atoms with Crippen molar-refractivity contribution in [2.75, 3.05) is 6.61 Å². The first-order chi connectivity index (χ1) is 11.4. The number of thioether (sulfide) groups is 1. The summed E-state index contributed by atoms with van der Waals surface area (Å²) in [5.41, 5.74) is 1.88. The molecule has 1 aromatic rings. The van der Waals surface area contributed by atoms with Crippen LogP contribution in [0.1, 0.15) is 32.4 Å². The molecule has 7 heteroatoms. The molecule has 2 heterocycles. The average Bonchev–Trinajstić information content (AvgIpc) is 2.81. The second-order valence-electron chi connectivity index (χ2n) is 5.54. The second kappa shape index (κ2) is 6.72. The third-order valence-corrected chi connectivity index (χ3v) is 5.52. The molecule has 0 aliphatic carbocycles. The van der Waals surface area contributed by atoms with E-state index in [-0.39, 0.29) is 17.8 Å². The van der Waals surface area contributed by atoms with Crippen LogP contribution in [0, 0.1) is 0 Å². The molecule has 0 spiro atoms. The zero-order chi connectivity index (χ0) is 17.4. The number of aliphatic imine (C=N–C) groups is 1. The Morgan fingerprint density at radius 3 is 2.67 bits per heavy atom. The van der Waals surface area contributed by atoms with Gasteiger partial charge in [0.25, 0.3) is 0 Å². The van der Waals surface area contributed by atoms with Gasteiger partial charge in [-0.25, -0.2) is 9.79 Å². The molecule has 24 heavy (non-hydrogen) atoms. The topological polar surface area (TPSA) is 59.0 Å². The number of hydrogen-bond acceptors (Lipinski definition) is 5. The van der Waals surface area contributed by atoms with Gasteiger partial charge in [0.15, 0.2) is 5.17 Å². The lowest BCUT2D eigenvalue weighted by atomic mass is 9.94. The molecule has 0 aromatic heterocycles. The Kier molecular flexibility index (Phi) is 4.83. The predicted molar refractivity (Wildman–Crippen MR) is 97.6 cm³/mol. The van der Waals surface area contributed by atoms with E-state index in [0.717, 1.165) is 10.0 Å². The van der Waals surface area contributed by atoms with Gasteiger partial charge in [0.1, 0.15) is 0 Å². The highest BCUT2D eigenvalue weighted by Gasteiger charge is 2.46. The first-order valence-corrected chi connectivity index (χ1v) is 9.33. The van der Waals surface area contributed by atoms with E-state index in [0.29, 0.717) is 16.4 Å². The molecule has 5 nitrogen and oxygen atoms in total. The number of benzene rings is 1. The molecule has 0 bridgehead atoms. The van der Waals surface area contributed by atoms with Gasteiger partial charge in [0.2, 0.25) is 5.91 Å². The van der Waals surface area contributed by atoms with Crippen molar-refractivity contribution in [2.45, 2.75) is 32.1 Å². The molecule has 2 aliphatic heterocycles. The fourth-order valence-electron chi connectivity index (χ4n) is 2.83. The van der Waals surface area contributed by atoms with E-state index in [2.05, 4.69) is 20.9 Å². The Bertz CT molecular complexity index is 758. The van der Waals surface area contributed by atoms with Gasteiger partial charge in [-0.15, -0.1) is 0 Å². The number of allylic oxidation sites excluding steroid dienone is 1. The van der Waals surface area contributed by atoms with Crippen LogP contribution in [0.15, 0.2) is 45.0 Å². The van der Waals surface area contributed by atoms with E-state index in [4.69, 9.17) is 4.74 Å². The molecule has 0 N–H and O–H groups in total. The molecule has 126 valence electrons. The Labute approximate surface area is 153 Å². The number of carbonyl (C=O) groups is 2. The van der Waals surface area contributed by atoms with E-state index in [1.165, 1.54) is 11.8 Å². The molecule has 1 saturated heterocycles. The van der Waals surface area contributed by atoms with Crippen LogP contribution >= 0.6 is 27.7 Å². The largest absolute Gasteiger partial charge is 0.463 e. The van der Waals surface area contributed by atoms with Gasteiger partial charge in [0.05, 0.1) is 29.2 Å². The number of fused-ring (bicyclic) bond motifs is 1. The Balaban J connectivity index is 2.14. The highest BCUT2D eigenvalue weighted by molar-refractivity contribution is 9.10. The van der Waals surface area contributed by atoms with Crippen molar-refractivity contribution in [3.8, 4) is 0 Å². The smallest absolute Gasteiger partial charge is 0.338 e. The zero-order valence-electron chi connectivity index (χ0n) is 13.6. The summed E-state index contributed by atoms with van der Waals surface area (Å²) in [4.78, 5) is 31.3. The molecule has 0 radical (unpaired) electrons. The van der Waals surface area contributed by atoms with E-state index in [1.807, 2.05) is 31.2 Å². The quantitative estimate of drug-likeness (QED) is 0.715. The van der Waals surface area contributed by atoms with Crippen molar-refractivity contribution in [3.63, 3.8) is 0 Å². The van der Waals surface area contributed by atoms with Gasteiger partial charge < -0.3 is 4.74 Å². The van der Waals surface area contributed by atoms with Gasteiger partial charge in [-0.05, 0) is 38.5 Å². The van der Waals surface area contributed by atoms with Gasteiger partial charge in [-0.1, -0.05) is 39.8 Å². The SMILES string of the molecule is CCOC(=O)C1=C(C)N=C2S[C@H](C)C(=O)N2[C@H]1c1ccc(Br)cc1. The van der Waals surface area contributed by atoms with Crippen LogP contribution in [0.3, 0.4) is 0 Å². The predicted octanol–water partition coefficient (Wildman–Crippen LogP) is 3.66. The summed E-state index contributed by atoms with van der Waals surface area (Å²) in [5.74, 6) is -0.468. The molecular formula is C17H17BrN2O3S. The lowest BCUT2D eigenvalue weighted by Gasteiger charge is -2.33. The molecule has 2 aliphatic rings. The molecule has 1 aromatic carbocycles. The highest BCUT2D eigenvalue weighted by Crippen LogP contribution is 2.43. The maximum absolute atomic E-state index is 12.7. The van der Waals surface area contributed by atoms with Crippen molar-refractivity contribution in [1.82, 2.24) is 4.90 Å². The summed E-state index contributed by atoms with van der Waals surface area (Å²) in [6.45, 7) is 5.68. The van der Waals surface area contributed by atoms with Crippen LogP contribution in [0.5, 0.6) is 0 Å². The normalized spacial score (nSPS) is 23.2. The molecule has 3 rings (SSSR count). The second-order valence-corrected chi connectivity index (χ2v) is 7.76. The minimum atomic E-state index is -0.505. The number of nitrogens with zero attached hydrogens (tertiary/aromatic N) is 2. The lowest BCUT2D eigenvalue weighted by Crippen LogP contribution is -2.40. The van der Waals surface area contributed by atoms with Crippen LogP contribution in [0.4, 0.5) is 0 Å². The van der Waals surface area contributed by atoms with Crippen molar-refractivity contribution in [1.29, 1.82) is 0 Å². The third kappa shape index (κ3) is 2.91. The minimum absolute atomic E-state index is 0.0408. The summed E-state index contributed by atoms with van der Waals surface area (Å²) in [7, 11) is 0. The highest BCUT2D eigenvalue weighted by atomic mass is 79.9. The summed E-state index contributed by atoms with van der Waals surface area (Å²) in [5, 5.41) is 0.432. The van der Waals surface area contributed by atoms with Gasteiger partial charge in [-0.2, -0.15) is 0 Å². The van der Waals surface area contributed by atoms with E-state index < -0.39 is 12.0 Å². The van der Waals surface area contributed by atoms with Crippen molar-refractivity contribution >= 4 is 44.7 Å². The summed E-state index contributed by atoms with van der Waals surface area (Å²) < 4.78 is 6.15. The van der Waals surface area contributed by atoms with Crippen molar-refractivity contribution < 1.29 is 14.3 Å². The number of rotatable bonds is 3. The monoisotopic (exact) mass is 408 g/mol. The number of amides is 1. The summed E-state index contributed by atoms with van der Waals surface area (Å²) in [6, 6.07) is 7.11. The average molecular weight is 409 g/mol. The van der Waals surface area contributed by atoms with Crippen LogP contribution in [0.2, 0.25) is 0 Å². The maximum atomic E-state index is 12.7. The van der Waals surface area contributed by atoms with Crippen molar-refractivity contribution in [2.24, 2.45) is 4.99 Å². The molecule has 1 fully saturated rings. The number of carbonyl (C=O) groups excluding carboxylic acids is 2. The van der Waals surface area contributed by atoms with Gasteiger partial charge in [-0.3, -0.25) is 9.69 Å². The van der Waals surface area contributed by atoms with Crippen molar-refractivity contribution in [3.05, 3.63) is 45.6 Å². The number of amidine groups is 1. The van der Waals surface area contributed by atoms with Crippen LogP contribution in [-0.2, 0) is 14.3 Å². The fraction of sp³-hybridized carbons (Fsp3) is 0.353. The van der Waals surface area contributed by atoms with Crippen LogP contribution in [-0.4, -0.2) is 33.8 Å². The van der Waals surface area contributed by atoms with Crippen LogP contribution < -0.4 is 0 Å². The summed E-state index contributed by atoms with van der Waals surface area (Å²) >= 11 is 4.84. The number of hydrogen-bond donors (Lipinski definition) is 0. The molecular weight excluding hydrogens is 392 g/mol. The van der Waals surface area contributed by atoms with E-state index >= 15 is 0 Å². The first-order valence-electron chi connectivity index (χ1n) is 7.65. The zero-order valence-corrected chi connectivity index (χ0v) is 16.0. The third-order valence-electron chi connectivity index (χ3n) is 3.94. The maximum Gasteiger partial charge on any atom is 0.338 e. The standard InChI is InChI=1S/C17H17BrN2O3S/c1-4-23-16(22)13-9(2)19-17-20(15(21)10(3)24-17)14(13)11-5-7-12(18)8-6-11/h5-8,10,14H,4H2,1-3H3/t10-,14+/m1/s1. The minimum Gasteiger partial charge on any atom is -0.463 e. The Hall–Kier alpha value is -1.60. The number of esters is 1. The Morgan fingerprint density at radius 2 is 2.04 bits per heavy atom. The fourth-order valence-corrected chi connectivity index (χ4v) is 4.13. The first kappa shape index (κ1) is 17.2. The van der Waals surface area contributed by atoms with Crippen LogP contribution in [0.25, 0.3) is 0 Å². The van der Waals surface area contributed by atoms with Gasteiger partial charge >= 0.3 is 5.97 Å². The molecule has 0 saturated carbocycles. The molecule has 1 amide bonds. The van der Waals surface area contributed by atoms with E-state index in [1.54, 1.807) is 18.7 Å². The van der Waals surface area contributed by atoms with E-state index in [9.17, 15) is 9.59 Å². The molecule has 0 unspecified atom stereocenters. The van der Waals surface area contributed by atoms with Gasteiger partial charge in [0, 0.05) is 4.47 Å². The summed E-state index contributed by atoms with van der Waals surface area (Å²) in [6.07, 6.45) is 0.